The van der Waals surface area contributed by atoms with Gasteiger partial charge in [0, 0.05) is 40.8 Å². The maximum atomic E-state index is 11.6. The van der Waals surface area contributed by atoms with Gasteiger partial charge in [0.25, 0.3) is 5.43 Å². The summed E-state index contributed by atoms with van der Waals surface area (Å²) >= 11 is 3.08. The first-order valence-electron chi connectivity index (χ1n) is 20.0. The number of ether oxygens (including phenoxy) is 5. The molecule has 5 rings (SSSR count). The highest BCUT2D eigenvalue weighted by atomic mass is 79.9. The summed E-state index contributed by atoms with van der Waals surface area (Å²) in [7, 11) is 6.06. The SMILES string of the molecule is COC(=O)c1oc(C)c(Br)c(=O)c1C.COC(=O)c1oc(C)c(C)c(=O)c1C.COC(=O)c1oc(C)c(N)c(=O)c1C.COC(=O)c1oc(C)c([N+](=O)[O-])c(=O)c1C.COC(=O)c1oc(C)cc(=O)c1C. The number of nitrogen functional groups attached to an aromatic ring is 1. The number of carbonyl (C=O) groups is 5. The van der Waals surface area contributed by atoms with Gasteiger partial charge in [0.1, 0.15) is 33.2 Å². The highest BCUT2D eigenvalue weighted by Crippen LogP contribution is 2.19. The van der Waals surface area contributed by atoms with Crippen LogP contribution in [-0.2, 0) is 23.7 Å². The Labute approximate surface area is 410 Å². The molecule has 25 heteroatoms. The molecule has 0 radical (unpaired) electrons. The molecule has 0 aromatic carbocycles. The molecular formula is C46H51BrN2O22. The first-order valence-corrected chi connectivity index (χ1v) is 20.8. The molecule has 0 aliphatic carbocycles. The topological polar surface area (TPSA) is 352 Å². The van der Waals surface area contributed by atoms with Crippen LogP contribution in [0.2, 0.25) is 0 Å². The fourth-order valence-electron chi connectivity index (χ4n) is 5.34. The standard InChI is InChI=1S/C10H12O4.C9H9BrO4.C9H9NO6.C9H11NO4.C9H10O4/c1-5-7(3)14-9(10(12)13-4)6(2)8(5)11;1-4-7(11)6(10)5(2)14-8(4)9(12)13-3;1-4-7(11)6(10(13)14)5(2)16-8(4)9(12)15-3;1-4-7(11)6(10)5(2)14-8(4)9(12)13-3;1-5-4-7(10)6(2)8(13-5)9(11)12-3/h1-4H3;1-3H3;1-3H3;10H2,1-3H3;4H,1-3H3. The van der Waals surface area contributed by atoms with Crippen LogP contribution in [0, 0.1) is 86.3 Å². The first kappa shape index (κ1) is 60.8. The number of carbonyl (C=O) groups excluding carboxylic acids is 5. The van der Waals surface area contributed by atoms with Gasteiger partial charge in [-0.15, -0.1) is 0 Å². The molecule has 2 N–H and O–H groups in total. The fourth-order valence-corrected chi connectivity index (χ4v) is 5.72. The third-order valence-corrected chi connectivity index (χ3v) is 10.6. The van der Waals surface area contributed by atoms with E-state index < -0.39 is 51.3 Å². The molecule has 0 unspecified atom stereocenters. The van der Waals surface area contributed by atoms with Crippen LogP contribution < -0.4 is 32.9 Å². The van der Waals surface area contributed by atoms with Crippen molar-refractivity contribution in [2.24, 2.45) is 0 Å². The van der Waals surface area contributed by atoms with Crippen molar-refractivity contribution in [2.45, 2.75) is 76.2 Å². The normalized spacial score (nSPS) is 9.93. The van der Waals surface area contributed by atoms with Gasteiger partial charge in [-0.1, -0.05) is 0 Å². The summed E-state index contributed by atoms with van der Waals surface area (Å²) in [6.45, 7) is 16.6. The number of nitro groups is 1. The number of nitrogens with two attached hydrogens (primary N) is 1. The molecule has 5 aromatic heterocycles. The van der Waals surface area contributed by atoms with Gasteiger partial charge in [-0.2, -0.15) is 0 Å². The van der Waals surface area contributed by atoms with Crippen LogP contribution in [-0.4, -0.2) is 70.3 Å². The van der Waals surface area contributed by atoms with E-state index in [2.05, 4.69) is 39.6 Å². The van der Waals surface area contributed by atoms with Crippen molar-refractivity contribution < 1.29 is 74.7 Å². The van der Waals surface area contributed by atoms with E-state index in [-0.39, 0.29) is 84.5 Å². The molecule has 5 heterocycles. The lowest BCUT2D eigenvalue weighted by atomic mass is 10.1. The second-order valence-corrected chi connectivity index (χ2v) is 15.2. The minimum atomic E-state index is -0.840. The summed E-state index contributed by atoms with van der Waals surface area (Å²) in [5.41, 5.74) is 4.28. The molecule has 0 saturated heterocycles. The quantitative estimate of drug-likeness (QED) is 0.0911. The van der Waals surface area contributed by atoms with Crippen LogP contribution in [0.25, 0.3) is 0 Å². The van der Waals surface area contributed by atoms with Crippen molar-refractivity contribution in [1.82, 2.24) is 0 Å². The Bertz CT molecular complexity index is 2990. The molecule has 0 amide bonds. The highest BCUT2D eigenvalue weighted by molar-refractivity contribution is 9.10. The smallest absolute Gasteiger partial charge is 0.374 e. The first-order chi connectivity index (χ1) is 32.9. The molecule has 0 fully saturated rings. The average Bonchev–Trinajstić information content (AvgIpc) is 3.34. The van der Waals surface area contributed by atoms with Gasteiger partial charge in [0.05, 0.1) is 46.0 Å². The zero-order valence-electron chi connectivity index (χ0n) is 41.5. The van der Waals surface area contributed by atoms with E-state index in [1.54, 1.807) is 34.6 Å². The number of esters is 5. The van der Waals surface area contributed by atoms with E-state index in [0.29, 0.717) is 32.9 Å². The van der Waals surface area contributed by atoms with E-state index in [9.17, 15) is 58.1 Å². The third-order valence-electron chi connectivity index (χ3n) is 9.64. The van der Waals surface area contributed by atoms with Crippen molar-refractivity contribution in [2.75, 3.05) is 41.3 Å². The average molecular weight is 1060 g/mol. The number of hydrogen-bond acceptors (Lipinski definition) is 23. The van der Waals surface area contributed by atoms with E-state index in [0.717, 1.165) is 7.11 Å². The molecule has 0 saturated carbocycles. The van der Waals surface area contributed by atoms with Gasteiger partial charge in [-0.25, -0.2) is 24.0 Å². The van der Waals surface area contributed by atoms with Crippen molar-refractivity contribution >= 4 is 57.2 Å². The van der Waals surface area contributed by atoms with Crippen molar-refractivity contribution in [3.63, 3.8) is 0 Å². The van der Waals surface area contributed by atoms with Crippen LogP contribution in [0.15, 0.2) is 56.6 Å². The highest BCUT2D eigenvalue weighted by Gasteiger charge is 2.27. The zero-order valence-corrected chi connectivity index (χ0v) is 43.0. The second kappa shape index (κ2) is 26.5. The van der Waals surface area contributed by atoms with E-state index >= 15 is 0 Å². The number of aryl methyl sites for hydroxylation is 5. The monoisotopic (exact) mass is 1060 g/mol. The number of methoxy groups -OCH3 is 5. The van der Waals surface area contributed by atoms with Gasteiger partial charge in [0.2, 0.25) is 39.7 Å². The Morgan fingerprint density at radius 3 is 1.18 bits per heavy atom. The van der Waals surface area contributed by atoms with Gasteiger partial charge in [0.15, 0.2) is 16.6 Å². The molecule has 0 atom stereocenters. The summed E-state index contributed by atoms with van der Waals surface area (Å²) in [5, 5.41) is 10.6. The van der Waals surface area contributed by atoms with Crippen LogP contribution >= 0.6 is 15.9 Å². The van der Waals surface area contributed by atoms with Gasteiger partial charge < -0.3 is 51.5 Å². The third kappa shape index (κ3) is 14.9. The molecule has 24 nitrogen and oxygen atoms in total. The molecule has 384 valence electrons. The molecule has 71 heavy (non-hydrogen) atoms. The van der Waals surface area contributed by atoms with Crippen LogP contribution in [0.1, 0.15) is 115 Å². The molecule has 0 spiro atoms. The van der Waals surface area contributed by atoms with E-state index in [1.165, 1.54) is 76.0 Å². The molecule has 5 aromatic rings. The summed E-state index contributed by atoms with van der Waals surface area (Å²) in [5.74, 6) is -2.68. The lowest BCUT2D eigenvalue weighted by Crippen LogP contribution is -2.18. The molecule has 0 bridgehead atoms. The summed E-state index contributed by atoms with van der Waals surface area (Å²) in [6, 6.07) is 1.34. The molecular weight excluding hydrogens is 1010 g/mol. The maximum absolute atomic E-state index is 11.6. The van der Waals surface area contributed by atoms with Gasteiger partial charge >= 0.3 is 35.5 Å². The minimum absolute atomic E-state index is 0.0133. The van der Waals surface area contributed by atoms with Crippen LogP contribution in [0.5, 0.6) is 0 Å². The number of anilines is 1. The zero-order chi connectivity index (χ0) is 55.1. The number of rotatable bonds is 6. The summed E-state index contributed by atoms with van der Waals surface area (Å²) in [4.78, 5) is 123. The van der Waals surface area contributed by atoms with Crippen molar-refractivity contribution in [3.8, 4) is 0 Å². The van der Waals surface area contributed by atoms with Crippen molar-refractivity contribution in [1.29, 1.82) is 0 Å². The van der Waals surface area contributed by atoms with Crippen LogP contribution in [0.4, 0.5) is 11.4 Å². The van der Waals surface area contributed by atoms with Crippen molar-refractivity contribution in [3.05, 3.63) is 163 Å². The van der Waals surface area contributed by atoms with Gasteiger partial charge in [-0.05, 0) is 85.2 Å². The Hall–Kier alpha value is -8.22. The van der Waals surface area contributed by atoms with Gasteiger partial charge in [-0.3, -0.25) is 34.1 Å². The Balaban J connectivity index is 0.000000444. The minimum Gasteiger partial charge on any atom is -0.463 e. The molecule has 0 aliphatic rings. The Morgan fingerprint density at radius 2 is 0.789 bits per heavy atom. The number of nitrogens with zero attached hydrogens (tertiary/aromatic N) is 1. The second-order valence-electron chi connectivity index (χ2n) is 14.4. The predicted octanol–water partition coefficient (Wildman–Crippen LogP) is 5.78. The Kier molecular flexibility index (Phi) is 22.7. The Morgan fingerprint density at radius 1 is 0.465 bits per heavy atom. The molecule has 0 aliphatic heterocycles. The summed E-state index contributed by atoms with van der Waals surface area (Å²) in [6.07, 6.45) is 0. The number of halogens is 1. The maximum Gasteiger partial charge on any atom is 0.374 e. The van der Waals surface area contributed by atoms with Crippen LogP contribution in [0.3, 0.4) is 0 Å². The number of hydrogen-bond donors (Lipinski definition) is 1. The lowest BCUT2D eigenvalue weighted by Gasteiger charge is -2.05. The lowest BCUT2D eigenvalue weighted by molar-refractivity contribution is -0.387. The predicted molar refractivity (Wildman–Crippen MR) is 252 cm³/mol. The largest absolute Gasteiger partial charge is 0.463 e. The van der Waals surface area contributed by atoms with E-state index in [1.807, 2.05) is 0 Å². The fraction of sp³-hybridized carbons (Fsp3) is 0.348. The summed E-state index contributed by atoms with van der Waals surface area (Å²) < 4.78 is 48.0. The van der Waals surface area contributed by atoms with E-state index in [4.69, 9.17) is 27.8 Å².